The van der Waals surface area contributed by atoms with E-state index in [-0.39, 0.29) is 17.9 Å². The summed E-state index contributed by atoms with van der Waals surface area (Å²) in [5.41, 5.74) is 2.31. The van der Waals surface area contributed by atoms with Crippen LogP contribution in [0, 0.1) is 12.8 Å². The zero-order chi connectivity index (χ0) is 13.2. The molecule has 1 saturated heterocycles. The van der Waals surface area contributed by atoms with E-state index < -0.39 is 0 Å². The molecule has 0 aromatic heterocycles. The van der Waals surface area contributed by atoms with Crippen LogP contribution in [-0.2, 0) is 10.2 Å². The number of aryl methyl sites for hydroxylation is 1. The minimum absolute atomic E-state index is 0.0825. The van der Waals surface area contributed by atoms with Crippen molar-refractivity contribution in [3.05, 3.63) is 29.3 Å². The van der Waals surface area contributed by atoms with Gasteiger partial charge in [-0.25, -0.2) is 0 Å². The van der Waals surface area contributed by atoms with Crippen molar-refractivity contribution in [3.63, 3.8) is 0 Å². The van der Waals surface area contributed by atoms with Crippen LogP contribution in [0.3, 0.4) is 0 Å². The van der Waals surface area contributed by atoms with Crippen molar-refractivity contribution in [2.24, 2.45) is 5.92 Å². The highest BCUT2D eigenvalue weighted by atomic mass is 16.5. The number of aliphatic hydroxyl groups is 1. The van der Waals surface area contributed by atoms with Gasteiger partial charge in [0.1, 0.15) is 5.75 Å². The first-order chi connectivity index (χ1) is 8.67. The van der Waals surface area contributed by atoms with Gasteiger partial charge in [-0.05, 0) is 18.9 Å². The van der Waals surface area contributed by atoms with Crippen LogP contribution in [0.25, 0.3) is 0 Å². The molecule has 1 aromatic rings. The van der Waals surface area contributed by atoms with Crippen molar-refractivity contribution in [1.82, 2.24) is 0 Å². The number of hydrogen-bond acceptors (Lipinski definition) is 3. The summed E-state index contributed by atoms with van der Waals surface area (Å²) in [4.78, 5) is 0. The third-order valence-corrected chi connectivity index (χ3v) is 4.11. The van der Waals surface area contributed by atoms with Gasteiger partial charge in [-0.1, -0.05) is 31.0 Å². The van der Waals surface area contributed by atoms with E-state index in [9.17, 15) is 5.11 Å². The van der Waals surface area contributed by atoms with E-state index in [0.29, 0.717) is 13.2 Å². The fourth-order valence-corrected chi connectivity index (χ4v) is 2.84. The molecule has 1 heterocycles. The minimum atomic E-state index is -0.0825. The SMILES string of the molecule is CCC(CO)C1(c2cc(C)ccc2OC)COC1. The number of hydrogen-bond donors (Lipinski definition) is 1. The first-order valence-electron chi connectivity index (χ1n) is 6.51. The first-order valence-corrected chi connectivity index (χ1v) is 6.51. The van der Waals surface area contributed by atoms with Crippen LogP contribution < -0.4 is 4.74 Å². The maximum atomic E-state index is 9.62. The molecule has 100 valence electrons. The van der Waals surface area contributed by atoms with Crippen molar-refractivity contribution in [2.45, 2.75) is 25.7 Å². The molecule has 0 radical (unpaired) electrons. The summed E-state index contributed by atoms with van der Waals surface area (Å²) in [5, 5.41) is 9.62. The fraction of sp³-hybridized carbons (Fsp3) is 0.600. The van der Waals surface area contributed by atoms with Gasteiger partial charge in [-0.3, -0.25) is 0 Å². The van der Waals surface area contributed by atoms with Gasteiger partial charge < -0.3 is 14.6 Å². The van der Waals surface area contributed by atoms with Crippen LogP contribution >= 0.6 is 0 Å². The van der Waals surface area contributed by atoms with E-state index in [2.05, 4.69) is 26.0 Å². The molecule has 0 amide bonds. The molecule has 3 nitrogen and oxygen atoms in total. The lowest BCUT2D eigenvalue weighted by atomic mass is 9.67. The Bertz CT molecular complexity index is 406. The van der Waals surface area contributed by atoms with Gasteiger partial charge in [0.15, 0.2) is 0 Å². The predicted octanol–water partition coefficient (Wildman–Crippen LogP) is 2.29. The van der Waals surface area contributed by atoms with E-state index in [1.807, 2.05) is 6.07 Å². The summed E-state index contributed by atoms with van der Waals surface area (Å²) in [5.74, 6) is 1.12. The lowest BCUT2D eigenvalue weighted by Gasteiger charge is -2.47. The normalized spacial score (nSPS) is 19.1. The van der Waals surface area contributed by atoms with Gasteiger partial charge in [0.05, 0.1) is 25.7 Å². The Morgan fingerprint density at radius 1 is 1.44 bits per heavy atom. The predicted molar refractivity (Wildman–Crippen MR) is 71.1 cm³/mol. The molecule has 0 spiro atoms. The highest BCUT2D eigenvalue weighted by Crippen LogP contribution is 2.45. The van der Waals surface area contributed by atoms with E-state index in [1.165, 1.54) is 11.1 Å². The Morgan fingerprint density at radius 2 is 2.17 bits per heavy atom. The molecule has 0 bridgehead atoms. The third-order valence-electron chi connectivity index (χ3n) is 4.11. The average molecular weight is 250 g/mol. The lowest BCUT2D eigenvalue weighted by molar-refractivity contribution is -0.102. The molecule has 2 rings (SSSR count). The van der Waals surface area contributed by atoms with E-state index in [0.717, 1.165) is 12.2 Å². The Balaban J connectivity index is 2.46. The topological polar surface area (TPSA) is 38.7 Å². The minimum Gasteiger partial charge on any atom is -0.496 e. The zero-order valence-corrected chi connectivity index (χ0v) is 11.4. The highest BCUT2D eigenvalue weighted by Gasteiger charge is 2.47. The first kappa shape index (κ1) is 13.4. The van der Waals surface area contributed by atoms with Crippen molar-refractivity contribution in [2.75, 3.05) is 26.9 Å². The quantitative estimate of drug-likeness (QED) is 0.871. The molecule has 1 atom stereocenters. The second kappa shape index (κ2) is 5.29. The zero-order valence-electron chi connectivity index (χ0n) is 11.4. The highest BCUT2D eigenvalue weighted by molar-refractivity contribution is 5.44. The average Bonchev–Trinajstić information content (AvgIpc) is 2.33. The molecule has 1 unspecified atom stereocenters. The summed E-state index contributed by atoms with van der Waals surface area (Å²) in [6.45, 7) is 5.73. The second-order valence-electron chi connectivity index (χ2n) is 5.14. The van der Waals surface area contributed by atoms with Gasteiger partial charge in [0.25, 0.3) is 0 Å². The Morgan fingerprint density at radius 3 is 2.61 bits per heavy atom. The summed E-state index contributed by atoms with van der Waals surface area (Å²) in [7, 11) is 1.70. The summed E-state index contributed by atoms with van der Waals surface area (Å²) in [6, 6.07) is 6.23. The Kier molecular flexibility index (Phi) is 3.93. The number of aliphatic hydroxyl groups excluding tert-OH is 1. The molecule has 1 aliphatic heterocycles. The molecule has 1 aromatic carbocycles. The number of benzene rings is 1. The maximum Gasteiger partial charge on any atom is 0.122 e. The largest absolute Gasteiger partial charge is 0.496 e. The van der Waals surface area contributed by atoms with Gasteiger partial charge in [0.2, 0.25) is 0 Å². The van der Waals surface area contributed by atoms with E-state index in [4.69, 9.17) is 9.47 Å². The van der Waals surface area contributed by atoms with E-state index >= 15 is 0 Å². The molecular formula is C15H22O3. The van der Waals surface area contributed by atoms with Crippen LogP contribution in [-0.4, -0.2) is 32.0 Å². The molecule has 0 aliphatic carbocycles. The van der Waals surface area contributed by atoms with Crippen LogP contribution in [0.4, 0.5) is 0 Å². The summed E-state index contributed by atoms with van der Waals surface area (Å²) >= 11 is 0. The van der Waals surface area contributed by atoms with Gasteiger partial charge in [-0.15, -0.1) is 0 Å². The second-order valence-corrected chi connectivity index (χ2v) is 5.14. The van der Waals surface area contributed by atoms with Crippen molar-refractivity contribution >= 4 is 0 Å². The van der Waals surface area contributed by atoms with Crippen molar-refractivity contribution in [3.8, 4) is 5.75 Å². The Hall–Kier alpha value is -1.06. The molecule has 1 fully saturated rings. The van der Waals surface area contributed by atoms with Crippen LogP contribution in [0.1, 0.15) is 24.5 Å². The molecule has 3 heteroatoms. The molecule has 18 heavy (non-hydrogen) atoms. The van der Waals surface area contributed by atoms with Gasteiger partial charge in [-0.2, -0.15) is 0 Å². The lowest BCUT2D eigenvalue weighted by Crippen LogP contribution is -2.53. The number of rotatable bonds is 5. The molecule has 1 aliphatic rings. The van der Waals surface area contributed by atoms with Gasteiger partial charge in [0, 0.05) is 12.2 Å². The van der Waals surface area contributed by atoms with Crippen LogP contribution in [0.15, 0.2) is 18.2 Å². The Labute approximate surface area is 109 Å². The van der Waals surface area contributed by atoms with Crippen molar-refractivity contribution < 1.29 is 14.6 Å². The van der Waals surface area contributed by atoms with Crippen LogP contribution in [0.5, 0.6) is 5.75 Å². The standard InChI is InChI=1S/C15H22O3/c1-4-12(8-16)15(9-18-10-15)13-7-11(2)5-6-14(13)17-3/h5-7,12,16H,4,8-10H2,1-3H3. The smallest absolute Gasteiger partial charge is 0.122 e. The van der Waals surface area contributed by atoms with E-state index in [1.54, 1.807) is 7.11 Å². The third kappa shape index (κ3) is 2.02. The molecule has 0 saturated carbocycles. The maximum absolute atomic E-state index is 9.62. The molecule has 1 N–H and O–H groups in total. The molecular weight excluding hydrogens is 228 g/mol. The summed E-state index contributed by atoms with van der Waals surface area (Å²) < 4.78 is 10.9. The fourth-order valence-electron chi connectivity index (χ4n) is 2.84. The number of methoxy groups -OCH3 is 1. The number of ether oxygens (including phenoxy) is 2. The van der Waals surface area contributed by atoms with Crippen molar-refractivity contribution in [1.29, 1.82) is 0 Å². The monoisotopic (exact) mass is 250 g/mol. The summed E-state index contributed by atoms with van der Waals surface area (Å²) in [6.07, 6.45) is 0.941. The van der Waals surface area contributed by atoms with Crippen LogP contribution in [0.2, 0.25) is 0 Å². The van der Waals surface area contributed by atoms with Gasteiger partial charge >= 0.3 is 0 Å².